The van der Waals surface area contributed by atoms with E-state index in [0.717, 1.165) is 18.4 Å². The Kier molecular flexibility index (Phi) is 2.05. The number of aliphatic hydroxyl groups excluding tert-OH is 1. The minimum Gasteiger partial charge on any atom is -0.392 e. The van der Waals surface area contributed by atoms with Crippen LogP contribution in [-0.4, -0.2) is 16.2 Å². The lowest BCUT2D eigenvalue weighted by atomic mass is 9.92. The molecule has 2 rings (SSSR count). The van der Waals surface area contributed by atoms with Gasteiger partial charge in [0.2, 0.25) is 0 Å². The molecule has 1 N–H and O–H groups in total. The number of halogens is 1. The van der Waals surface area contributed by atoms with E-state index in [2.05, 4.69) is 4.98 Å². The van der Waals surface area contributed by atoms with Crippen LogP contribution < -0.4 is 0 Å². The normalized spacial score (nSPS) is 21.2. The average molecular weight is 198 g/mol. The van der Waals surface area contributed by atoms with Crippen LogP contribution >= 0.6 is 11.6 Å². The highest BCUT2D eigenvalue weighted by atomic mass is 35.5. The van der Waals surface area contributed by atoms with Crippen molar-refractivity contribution in [2.75, 3.05) is 0 Å². The van der Waals surface area contributed by atoms with Crippen LogP contribution in [0.25, 0.3) is 0 Å². The van der Waals surface area contributed by atoms with Gasteiger partial charge in [-0.15, -0.1) is 0 Å². The van der Waals surface area contributed by atoms with Gasteiger partial charge >= 0.3 is 0 Å². The standard InChI is InChI=1S/C10H12ClNO/c1-7(13)10(4-5-10)8-3-2-6-12-9(8)11/h2-3,6-7,13H,4-5H2,1H3. The Morgan fingerprint density at radius 2 is 2.31 bits per heavy atom. The van der Waals surface area contributed by atoms with E-state index in [4.69, 9.17) is 11.6 Å². The second-order valence-corrected chi connectivity index (χ2v) is 4.03. The van der Waals surface area contributed by atoms with E-state index in [-0.39, 0.29) is 11.5 Å². The Labute approximate surface area is 82.6 Å². The van der Waals surface area contributed by atoms with Crippen molar-refractivity contribution in [3.8, 4) is 0 Å². The molecule has 2 nitrogen and oxygen atoms in total. The molecule has 1 unspecified atom stereocenters. The van der Waals surface area contributed by atoms with Gasteiger partial charge in [0, 0.05) is 11.6 Å². The number of hydrogen-bond donors (Lipinski definition) is 1. The van der Waals surface area contributed by atoms with Gasteiger partial charge in [-0.2, -0.15) is 0 Å². The SMILES string of the molecule is CC(O)C1(c2cccnc2Cl)CC1. The average Bonchev–Trinajstić information content (AvgIpc) is 2.85. The highest BCUT2D eigenvalue weighted by Gasteiger charge is 2.49. The second kappa shape index (κ2) is 2.96. The molecule has 0 radical (unpaired) electrons. The first kappa shape index (κ1) is 8.97. The maximum absolute atomic E-state index is 9.63. The number of nitrogens with zero attached hydrogens (tertiary/aromatic N) is 1. The van der Waals surface area contributed by atoms with Crippen LogP contribution in [-0.2, 0) is 5.41 Å². The predicted molar refractivity (Wildman–Crippen MR) is 51.8 cm³/mol. The van der Waals surface area contributed by atoms with Crippen molar-refractivity contribution in [3.63, 3.8) is 0 Å². The van der Waals surface area contributed by atoms with E-state index in [1.54, 1.807) is 6.20 Å². The molecule has 70 valence electrons. The Morgan fingerprint density at radius 3 is 2.77 bits per heavy atom. The third-order valence-electron chi connectivity index (χ3n) is 2.88. The Hall–Kier alpha value is -0.600. The van der Waals surface area contributed by atoms with Gasteiger partial charge in [-0.3, -0.25) is 0 Å². The summed E-state index contributed by atoms with van der Waals surface area (Å²) in [6.45, 7) is 1.82. The van der Waals surface area contributed by atoms with Crippen molar-refractivity contribution < 1.29 is 5.11 Å². The molecule has 0 saturated heterocycles. The fourth-order valence-electron chi connectivity index (χ4n) is 1.80. The van der Waals surface area contributed by atoms with Gasteiger partial charge in [0.25, 0.3) is 0 Å². The molecular formula is C10H12ClNO. The first-order valence-electron chi connectivity index (χ1n) is 4.46. The van der Waals surface area contributed by atoms with E-state index in [1.807, 2.05) is 19.1 Å². The minimum absolute atomic E-state index is 0.106. The molecule has 1 atom stereocenters. The molecule has 1 aromatic heterocycles. The lowest BCUT2D eigenvalue weighted by Gasteiger charge is -2.19. The molecule has 0 aromatic carbocycles. The van der Waals surface area contributed by atoms with Crippen molar-refractivity contribution in [3.05, 3.63) is 29.0 Å². The first-order chi connectivity index (χ1) is 6.17. The van der Waals surface area contributed by atoms with Gasteiger partial charge in [0.05, 0.1) is 6.10 Å². The first-order valence-corrected chi connectivity index (χ1v) is 4.84. The quantitative estimate of drug-likeness (QED) is 0.737. The molecule has 1 saturated carbocycles. The summed E-state index contributed by atoms with van der Waals surface area (Å²) in [4.78, 5) is 4.02. The molecule has 1 aliphatic rings. The third kappa shape index (κ3) is 1.34. The van der Waals surface area contributed by atoms with Crippen LogP contribution in [0.2, 0.25) is 5.15 Å². The van der Waals surface area contributed by atoms with Crippen molar-refractivity contribution in [2.45, 2.75) is 31.3 Å². The van der Waals surface area contributed by atoms with E-state index in [0.29, 0.717) is 5.15 Å². The zero-order valence-corrected chi connectivity index (χ0v) is 8.25. The van der Waals surface area contributed by atoms with Crippen LogP contribution in [0, 0.1) is 0 Å². The maximum atomic E-state index is 9.63. The smallest absolute Gasteiger partial charge is 0.132 e. The van der Waals surface area contributed by atoms with Crippen molar-refractivity contribution >= 4 is 11.6 Å². The maximum Gasteiger partial charge on any atom is 0.132 e. The number of aliphatic hydroxyl groups is 1. The molecule has 1 fully saturated rings. The topological polar surface area (TPSA) is 33.1 Å². The Balaban J connectivity index is 2.41. The van der Waals surface area contributed by atoms with Crippen LogP contribution in [0.1, 0.15) is 25.3 Å². The van der Waals surface area contributed by atoms with Gasteiger partial charge in [-0.05, 0) is 31.4 Å². The minimum atomic E-state index is -0.339. The summed E-state index contributed by atoms with van der Waals surface area (Å²) in [6, 6.07) is 3.82. The fourth-order valence-corrected chi connectivity index (χ4v) is 2.11. The van der Waals surface area contributed by atoms with Gasteiger partial charge in [-0.1, -0.05) is 17.7 Å². The molecule has 0 aliphatic heterocycles. The Morgan fingerprint density at radius 1 is 1.62 bits per heavy atom. The van der Waals surface area contributed by atoms with E-state index < -0.39 is 0 Å². The van der Waals surface area contributed by atoms with Crippen LogP contribution in [0.4, 0.5) is 0 Å². The zero-order chi connectivity index (χ0) is 9.47. The van der Waals surface area contributed by atoms with Gasteiger partial charge < -0.3 is 5.11 Å². The molecule has 1 aromatic rings. The van der Waals surface area contributed by atoms with Crippen LogP contribution in [0.3, 0.4) is 0 Å². The van der Waals surface area contributed by atoms with Crippen LogP contribution in [0.5, 0.6) is 0 Å². The monoisotopic (exact) mass is 197 g/mol. The lowest BCUT2D eigenvalue weighted by Crippen LogP contribution is -2.23. The second-order valence-electron chi connectivity index (χ2n) is 3.67. The molecule has 0 spiro atoms. The summed E-state index contributed by atoms with van der Waals surface area (Å²) in [7, 11) is 0. The molecule has 1 aliphatic carbocycles. The molecule has 1 heterocycles. The number of pyridine rings is 1. The van der Waals surface area contributed by atoms with Crippen molar-refractivity contribution in [1.82, 2.24) is 4.98 Å². The third-order valence-corrected chi connectivity index (χ3v) is 3.19. The fraction of sp³-hybridized carbons (Fsp3) is 0.500. The summed E-state index contributed by atoms with van der Waals surface area (Å²) in [5.41, 5.74) is 0.886. The molecule has 0 bridgehead atoms. The van der Waals surface area contributed by atoms with Gasteiger partial charge in [0.15, 0.2) is 0 Å². The zero-order valence-electron chi connectivity index (χ0n) is 7.50. The summed E-state index contributed by atoms with van der Waals surface area (Å²) in [5.74, 6) is 0. The lowest BCUT2D eigenvalue weighted by molar-refractivity contribution is 0.150. The van der Waals surface area contributed by atoms with E-state index >= 15 is 0 Å². The molecule has 3 heteroatoms. The Bertz CT molecular complexity index is 320. The number of hydrogen-bond acceptors (Lipinski definition) is 2. The van der Waals surface area contributed by atoms with Crippen molar-refractivity contribution in [2.24, 2.45) is 0 Å². The summed E-state index contributed by atoms with van der Waals surface area (Å²) in [6.07, 6.45) is 3.35. The van der Waals surface area contributed by atoms with Gasteiger partial charge in [-0.25, -0.2) is 4.98 Å². The van der Waals surface area contributed by atoms with Crippen molar-refractivity contribution in [1.29, 1.82) is 0 Å². The molecule has 13 heavy (non-hydrogen) atoms. The van der Waals surface area contributed by atoms with Crippen LogP contribution in [0.15, 0.2) is 18.3 Å². The number of rotatable bonds is 2. The largest absolute Gasteiger partial charge is 0.392 e. The summed E-state index contributed by atoms with van der Waals surface area (Å²) < 4.78 is 0. The molecular weight excluding hydrogens is 186 g/mol. The number of aromatic nitrogens is 1. The highest BCUT2D eigenvalue weighted by Crippen LogP contribution is 2.52. The predicted octanol–water partition coefficient (Wildman–Crippen LogP) is 2.15. The van der Waals surface area contributed by atoms with E-state index in [9.17, 15) is 5.11 Å². The summed E-state index contributed by atoms with van der Waals surface area (Å²) in [5, 5.41) is 10.2. The highest BCUT2D eigenvalue weighted by molar-refractivity contribution is 6.30. The summed E-state index contributed by atoms with van der Waals surface area (Å²) >= 11 is 5.97. The van der Waals surface area contributed by atoms with Gasteiger partial charge in [0.1, 0.15) is 5.15 Å². The van der Waals surface area contributed by atoms with E-state index in [1.165, 1.54) is 0 Å². The molecule has 0 amide bonds.